The second-order valence-corrected chi connectivity index (χ2v) is 5.10. The third-order valence-corrected chi connectivity index (χ3v) is 3.13. The fraction of sp³-hybridized carbons (Fsp3) is 0.625. The molecule has 2 N–H and O–H groups in total. The number of ether oxygens (including phenoxy) is 1. The molecule has 1 aliphatic rings. The molecule has 1 fully saturated rings. The van der Waals surface area contributed by atoms with Crippen LogP contribution in [-0.4, -0.2) is 30.7 Å². The van der Waals surface area contributed by atoms with Gasteiger partial charge in [0.2, 0.25) is 0 Å². The van der Waals surface area contributed by atoms with Gasteiger partial charge in [-0.2, -0.15) is 0 Å². The average molecular weight is 231 g/mol. The highest BCUT2D eigenvalue weighted by molar-refractivity contribution is 7.89. The van der Waals surface area contributed by atoms with Crippen molar-refractivity contribution in [3.8, 4) is 0 Å². The molecule has 0 aliphatic carbocycles. The minimum atomic E-state index is -3.69. The Morgan fingerprint density at radius 2 is 2.47 bits per heavy atom. The summed E-state index contributed by atoms with van der Waals surface area (Å²) in [6.07, 6.45) is 5.11. The third kappa shape index (κ3) is 2.55. The maximum atomic E-state index is 11.0. The van der Waals surface area contributed by atoms with Crippen molar-refractivity contribution in [3.05, 3.63) is 12.5 Å². The fourth-order valence-electron chi connectivity index (χ4n) is 1.61. The molecule has 6 nitrogen and oxygen atoms in total. The number of imidazole rings is 1. The first-order valence-corrected chi connectivity index (χ1v) is 6.26. The van der Waals surface area contributed by atoms with Gasteiger partial charge >= 0.3 is 0 Å². The Hall–Kier alpha value is -0.920. The van der Waals surface area contributed by atoms with Gasteiger partial charge < -0.3 is 9.30 Å². The Kier molecular flexibility index (Phi) is 2.76. The number of nitrogens with zero attached hydrogens (tertiary/aromatic N) is 2. The van der Waals surface area contributed by atoms with Crippen LogP contribution < -0.4 is 5.14 Å². The average Bonchev–Trinajstić information content (AvgIpc) is 2.73. The van der Waals surface area contributed by atoms with Gasteiger partial charge in [-0.3, -0.25) is 0 Å². The van der Waals surface area contributed by atoms with Gasteiger partial charge in [0.25, 0.3) is 10.0 Å². The van der Waals surface area contributed by atoms with Crippen LogP contribution in [0.1, 0.15) is 12.8 Å². The monoisotopic (exact) mass is 231 g/mol. The SMILES string of the molecule is NS(=O)(=O)c1cn(CC2CCCO2)cn1. The molecule has 0 bridgehead atoms. The van der Waals surface area contributed by atoms with Gasteiger partial charge in [0.1, 0.15) is 0 Å². The van der Waals surface area contributed by atoms with E-state index in [4.69, 9.17) is 9.88 Å². The molecule has 1 aliphatic heterocycles. The summed E-state index contributed by atoms with van der Waals surface area (Å²) in [6, 6.07) is 0. The maximum absolute atomic E-state index is 11.0. The summed E-state index contributed by atoms with van der Waals surface area (Å²) in [5.41, 5.74) is 0. The molecule has 0 amide bonds. The van der Waals surface area contributed by atoms with Gasteiger partial charge in [0, 0.05) is 19.3 Å². The highest BCUT2D eigenvalue weighted by atomic mass is 32.2. The molecule has 2 rings (SSSR count). The topological polar surface area (TPSA) is 87.2 Å². The van der Waals surface area contributed by atoms with Crippen molar-refractivity contribution < 1.29 is 13.2 Å². The van der Waals surface area contributed by atoms with Gasteiger partial charge in [-0.25, -0.2) is 18.5 Å². The highest BCUT2D eigenvalue weighted by Crippen LogP contribution is 2.14. The third-order valence-electron chi connectivity index (χ3n) is 2.34. The quantitative estimate of drug-likeness (QED) is 0.774. The van der Waals surface area contributed by atoms with Crippen LogP contribution in [0.25, 0.3) is 0 Å². The molecular formula is C8H13N3O3S. The molecule has 1 aromatic rings. The van der Waals surface area contributed by atoms with E-state index < -0.39 is 10.0 Å². The largest absolute Gasteiger partial charge is 0.376 e. The van der Waals surface area contributed by atoms with Crippen LogP contribution in [0.4, 0.5) is 0 Å². The number of nitrogens with two attached hydrogens (primary N) is 1. The van der Waals surface area contributed by atoms with Crippen molar-refractivity contribution in [1.29, 1.82) is 0 Å². The number of primary sulfonamides is 1. The first kappa shape index (κ1) is 10.6. The molecule has 84 valence electrons. The summed E-state index contributed by atoms with van der Waals surface area (Å²) in [5, 5.41) is 4.85. The van der Waals surface area contributed by atoms with Gasteiger partial charge in [-0.05, 0) is 12.8 Å². The first-order valence-electron chi connectivity index (χ1n) is 4.72. The van der Waals surface area contributed by atoms with Crippen molar-refractivity contribution >= 4 is 10.0 Å². The van der Waals surface area contributed by atoms with E-state index in [-0.39, 0.29) is 11.1 Å². The Balaban J connectivity index is 2.07. The summed E-state index contributed by atoms with van der Waals surface area (Å²) < 4.78 is 29.0. The number of sulfonamides is 1. The molecular weight excluding hydrogens is 218 g/mol. The van der Waals surface area contributed by atoms with E-state index in [0.29, 0.717) is 6.54 Å². The van der Waals surface area contributed by atoms with Crippen LogP contribution in [0.3, 0.4) is 0 Å². The van der Waals surface area contributed by atoms with E-state index in [1.54, 1.807) is 4.57 Å². The zero-order valence-electron chi connectivity index (χ0n) is 8.17. The van der Waals surface area contributed by atoms with Crippen LogP contribution in [0.15, 0.2) is 17.6 Å². The number of hydrogen-bond donors (Lipinski definition) is 1. The van der Waals surface area contributed by atoms with Crippen LogP contribution in [0, 0.1) is 0 Å². The lowest BCUT2D eigenvalue weighted by atomic mass is 10.2. The first-order chi connectivity index (χ1) is 7.05. The minimum absolute atomic E-state index is 0.0968. The van der Waals surface area contributed by atoms with Crippen molar-refractivity contribution in [2.24, 2.45) is 5.14 Å². The molecule has 7 heteroatoms. The molecule has 2 heterocycles. The number of hydrogen-bond acceptors (Lipinski definition) is 4. The molecule has 15 heavy (non-hydrogen) atoms. The standard InChI is InChI=1S/C8H13N3O3S/c9-15(12,13)8-5-11(6-10-8)4-7-2-1-3-14-7/h5-7H,1-4H2,(H2,9,12,13). The Morgan fingerprint density at radius 3 is 3.00 bits per heavy atom. The van der Waals surface area contributed by atoms with Gasteiger partial charge in [0.05, 0.1) is 12.4 Å². The summed E-state index contributed by atoms with van der Waals surface area (Å²) >= 11 is 0. The fourth-order valence-corrected chi connectivity index (χ4v) is 2.09. The van der Waals surface area contributed by atoms with E-state index in [9.17, 15) is 8.42 Å². The van der Waals surface area contributed by atoms with Gasteiger partial charge in [-0.1, -0.05) is 0 Å². The smallest absolute Gasteiger partial charge is 0.257 e. The Bertz CT molecular complexity index is 434. The molecule has 1 atom stereocenters. The van der Waals surface area contributed by atoms with Crippen LogP contribution in [0.2, 0.25) is 0 Å². The predicted molar refractivity (Wildman–Crippen MR) is 52.6 cm³/mol. The zero-order chi connectivity index (χ0) is 10.9. The number of rotatable bonds is 3. The molecule has 1 saturated heterocycles. The van der Waals surface area contributed by atoms with E-state index in [2.05, 4.69) is 4.98 Å². The van der Waals surface area contributed by atoms with E-state index in [1.807, 2.05) is 0 Å². The van der Waals surface area contributed by atoms with Gasteiger partial charge in [0.15, 0.2) is 5.03 Å². The van der Waals surface area contributed by atoms with Gasteiger partial charge in [-0.15, -0.1) is 0 Å². The lowest BCUT2D eigenvalue weighted by Crippen LogP contribution is -2.14. The van der Waals surface area contributed by atoms with E-state index in [1.165, 1.54) is 12.5 Å². The molecule has 0 aromatic carbocycles. The molecule has 1 unspecified atom stereocenters. The highest BCUT2D eigenvalue weighted by Gasteiger charge is 2.17. The normalized spacial score (nSPS) is 22.1. The molecule has 0 spiro atoms. The molecule has 0 saturated carbocycles. The Morgan fingerprint density at radius 1 is 1.67 bits per heavy atom. The van der Waals surface area contributed by atoms with Crippen LogP contribution in [-0.2, 0) is 21.3 Å². The molecule has 0 radical (unpaired) electrons. The summed E-state index contributed by atoms with van der Waals surface area (Å²) in [7, 11) is -3.69. The van der Waals surface area contributed by atoms with Crippen LogP contribution >= 0.6 is 0 Å². The predicted octanol–water partition coefficient (Wildman–Crippen LogP) is -0.290. The lowest BCUT2D eigenvalue weighted by Gasteiger charge is -2.08. The summed E-state index contributed by atoms with van der Waals surface area (Å²) in [4.78, 5) is 3.72. The van der Waals surface area contributed by atoms with Crippen LogP contribution in [0.5, 0.6) is 0 Å². The van der Waals surface area contributed by atoms with Crippen molar-refractivity contribution in [1.82, 2.24) is 9.55 Å². The summed E-state index contributed by atoms with van der Waals surface area (Å²) in [5.74, 6) is 0. The Labute approximate surface area is 88.1 Å². The van der Waals surface area contributed by atoms with Crippen molar-refractivity contribution in [2.75, 3.05) is 6.61 Å². The van der Waals surface area contributed by atoms with E-state index in [0.717, 1.165) is 19.4 Å². The second kappa shape index (κ2) is 3.92. The molecule has 1 aromatic heterocycles. The van der Waals surface area contributed by atoms with E-state index >= 15 is 0 Å². The number of aromatic nitrogens is 2. The van der Waals surface area contributed by atoms with Crippen molar-refractivity contribution in [3.63, 3.8) is 0 Å². The zero-order valence-corrected chi connectivity index (χ0v) is 8.98. The maximum Gasteiger partial charge on any atom is 0.257 e. The second-order valence-electron chi connectivity index (χ2n) is 3.59. The summed E-state index contributed by atoms with van der Waals surface area (Å²) in [6.45, 7) is 1.41. The minimum Gasteiger partial charge on any atom is -0.376 e. The van der Waals surface area contributed by atoms with Crippen molar-refractivity contribution in [2.45, 2.75) is 30.5 Å². The lowest BCUT2D eigenvalue weighted by molar-refractivity contribution is 0.0969.